The second-order valence-corrected chi connectivity index (χ2v) is 8.06. The molecule has 1 aliphatic rings. The van der Waals surface area contributed by atoms with Crippen LogP contribution in [0, 0.1) is 0 Å². The quantitative estimate of drug-likeness (QED) is 0.469. The monoisotopic (exact) mass is 529 g/mol. The van der Waals surface area contributed by atoms with Crippen LogP contribution in [0.3, 0.4) is 0 Å². The van der Waals surface area contributed by atoms with Crippen molar-refractivity contribution in [3.05, 3.63) is 71.8 Å². The first kappa shape index (κ1) is 24.7. The van der Waals surface area contributed by atoms with Crippen molar-refractivity contribution in [3.8, 4) is 0 Å². The second-order valence-electron chi connectivity index (χ2n) is 7.16. The van der Waals surface area contributed by atoms with Gasteiger partial charge in [-0.3, -0.25) is 4.79 Å². The van der Waals surface area contributed by atoms with Crippen molar-refractivity contribution >= 4 is 33.8 Å². The number of hydrogen-bond donors (Lipinski definition) is 1. The molecule has 5 atom stereocenters. The van der Waals surface area contributed by atoms with Gasteiger partial charge in [0, 0.05) is 0 Å². The topological polar surface area (TPSA) is 90.9 Å². The maximum atomic E-state index is 13.0. The number of amides is 1. The van der Waals surface area contributed by atoms with E-state index in [1.54, 1.807) is 41.7 Å². The minimum Gasteiger partial charge on any atom is -0.454 e. The molecule has 1 heterocycles. The number of benzene rings is 2. The molecule has 0 spiro atoms. The Morgan fingerprint density at radius 2 is 1.33 bits per heavy atom. The van der Waals surface area contributed by atoms with E-state index in [1.165, 1.54) is 31.2 Å². The Hall–Kier alpha value is -2.92. The SMILES string of the molecule is C[C@H]1O[C@H](Br)[C@@H](OC(=O)c2ccccc2)[C@@H](NC(=O)C(F)(F)F)[C@@H]1OC(=O)c1ccccc1. The maximum Gasteiger partial charge on any atom is 0.471 e. The average molecular weight is 530 g/mol. The van der Waals surface area contributed by atoms with Crippen molar-refractivity contribution in [2.45, 2.75) is 42.5 Å². The fraction of sp³-hybridized carbons (Fsp3) is 0.318. The largest absolute Gasteiger partial charge is 0.471 e. The number of carbonyl (C=O) groups excluding carboxylic acids is 3. The molecule has 1 N–H and O–H groups in total. The summed E-state index contributed by atoms with van der Waals surface area (Å²) in [7, 11) is 0. The third kappa shape index (κ3) is 6.11. The number of rotatable bonds is 5. The Bertz CT molecular complexity index is 923. The Morgan fingerprint density at radius 3 is 1.79 bits per heavy atom. The van der Waals surface area contributed by atoms with Crippen LogP contribution in [0.25, 0.3) is 0 Å². The summed E-state index contributed by atoms with van der Waals surface area (Å²) < 4.78 is 55.5. The van der Waals surface area contributed by atoms with Crippen LogP contribution in [0.15, 0.2) is 60.7 Å². The van der Waals surface area contributed by atoms with Gasteiger partial charge in [0.25, 0.3) is 0 Å². The van der Waals surface area contributed by atoms with E-state index in [-0.39, 0.29) is 11.1 Å². The summed E-state index contributed by atoms with van der Waals surface area (Å²) in [5.74, 6) is -3.98. The van der Waals surface area contributed by atoms with Crippen LogP contribution in [0.1, 0.15) is 27.6 Å². The Balaban J connectivity index is 1.90. The molecular weight excluding hydrogens is 511 g/mol. The van der Waals surface area contributed by atoms with E-state index in [1.807, 2.05) is 0 Å². The first-order chi connectivity index (χ1) is 15.6. The van der Waals surface area contributed by atoms with Crippen LogP contribution >= 0.6 is 15.9 Å². The van der Waals surface area contributed by atoms with Crippen LogP contribution < -0.4 is 5.32 Å². The molecule has 0 aromatic heterocycles. The van der Waals surface area contributed by atoms with Gasteiger partial charge < -0.3 is 19.5 Å². The number of esters is 2. The van der Waals surface area contributed by atoms with Gasteiger partial charge in [-0.2, -0.15) is 13.2 Å². The molecular formula is C22H19BrF3NO6. The van der Waals surface area contributed by atoms with E-state index >= 15 is 0 Å². The van der Waals surface area contributed by atoms with Crippen LogP contribution in [0.5, 0.6) is 0 Å². The molecule has 33 heavy (non-hydrogen) atoms. The van der Waals surface area contributed by atoms with Crippen LogP contribution in [0.4, 0.5) is 13.2 Å². The number of halogens is 4. The van der Waals surface area contributed by atoms with E-state index in [9.17, 15) is 27.6 Å². The van der Waals surface area contributed by atoms with Crippen molar-refractivity contribution in [3.63, 3.8) is 0 Å². The molecule has 0 aliphatic carbocycles. The van der Waals surface area contributed by atoms with Crippen molar-refractivity contribution in [1.29, 1.82) is 0 Å². The van der Waals surface area contributed by atoms with E-state index in [0.29, 0.717) is 0 Å². The van der Waals surface area contributed by atoms with Gasteiger partial charge in [0.1, 0.15) is 6.04 Å². The summed E-state index contributed by atoms with van der Waals surface area (Å²) in [6.07, 6.45) is -9.02. The molecule has 1 saturated heterocycles. The molecule has 0 unspecified atom stereocenters. The zero-order chi connectivity index (χ0) is 24.2. The van der Waals surface area contributed by atoms with Gasteiger partial charge in [-0.05, 0) is 31.2 Å². The van der Waals surface area contributed by atoms with Gasteiger partial charge in [0.15, 0.2) is 17.2 Å². The lowest BCUT2D eigenvalue weighted by molar-refractivity contribution is -0.184. The molecule has 1 fully saturated rings. The molecule has 2 aromatic carbocycles. The average Bonchev–Trinajstić information content (AvgIpc) is 2.79. The molecule has 1 amide bonds. The highest BCUT2D eigenvalue weighted by molar-refractivity contribution is 9.09. The highest BCUT2D eigenvalue weighted by atomic mass is 79.9. The molecule has 0 saturated carbocycles. The van der Waals surface area contributed by atoms with E-state index < -0.39 is 53.4 Å². The van der Waals surface area contributed by atoms with Crippen LogP contribution in [-0.2, 0) is 19.0 Å². The number of ether oxygens (including phenoxy) is 3. The third-order valence-corrected chi connectivity index (χ3v) is 5.57. The summed E-state index contributed by atoms with van der Waals surface area (Å²) in [6.45, 7) is 1.46. The normalized spacial score (nSPS) is 25.1. The lowest BCUT2D eigenvalue weighted by Gasteiger charge is -2.43. The van der Waals surface area contributed by atoms with Crippen molar-refractivity contribution in [2.24, 2.45) is 0 Å². The highest BCUT2D eigenvalue weighted by Gasteiger charge is 2.51. The first-order valence-electron chi connectivity index (χ1n) is 9.77. The van der Waals surface area contributed by atoms with Gasteiger partial charge in [-0.25, -0.2) is 9.59 Å². The highest BCUT2D eigenvalue weighted by Crippen LogP contribution is 2.31. The van der Waals surface area contributed by atoms with E-state index in [4.69, 9.17) is 14.2 Å². The summed E-state index contributed by atoms with van der Waals surface area (Å²) in [4.78, 5) is 36.9. The van der Waals surface area contributed by atoms with Gasteiger partial charge in [0.05, 0.1) is 17.2 Å². The predicted octanol–water partition coefficient (Wildman–Crippen LogP) is 3.62. The van der Waals surface area contributed by atoms with Crippen LogP contribution in [-0.4, -0.2) is 53.4 Å². The summed E-state index contributed by atoms with van der Waals surface area (Å²) in [5, 5.41) is 0.713. The molecule has 2 aromatic rings. The molecule has 0 radical (unpaired) electrons. The Labute approximate surface area is 195 Å². The maximum absolute atomic E-state index is 13.0. The van der Waals surface area contributed by atoms with Gasteiger partial charge in [0.2, 0.25) is 0 Å². The smallest absolute Gasteiger partial charge is 0.454 e. The standard InChI is InChI=1S/C22H19BrF3NO6/c1-12-16(32-19(28)13-8-4-2-5-9-13)15(27-21(30)22(24,25)26)17(18(23)31-12)33-20(29)14-10-6-3-7-11-14/h2-12,15-18H,1H3,(H,27,30)/t12-,15+,16-,17+,18+/m1/s1. The molecule has 11 heteroatoms. The third-order valence-electron chi connectivity index (χ3n) is 4.83. The Morgan fingerprint density at radius 1 is 0.879 bits per heavy atom. The zero-order valence-electron chi connectivity index (χ0n) is 17.1. The van der Waals surface area contributed by atoms with Crippen molar-refractivity contribution in [2.75, 3.05) is 0 Å². The summed E-state index contributed by atoms with van der Waals surface area (Å²) in [5.41, 5.74) is 0.277. The van der Waals surface area contributed by atoms with Crippen molar-refractivity contribution in [1.82, 2.24) is 5.32 Å². The number of carbonyl (C=O) groups is 3. The lowest BCUT2D eigenvalue weighted by atomic mass is 9.97. The van der Waals surface area contributed by atoms with Gasteiger partial charge in [-0.15, -0.1) is 0 Å². The lowest BCUT2D eigenvalue weighted by Crippen LogP contribution is -2.65. The minimum atomic E-state index is -5.22. The predicted molar refractivity (Wildman–Crippen MR) is 113 cm³/mol. The number of hydrogen-bond acceptors (Lipinski definition) is 6. The molecule has 1 aliphatic heterocycles. The molecule has 3 rings (SSSR count). The number of alkyl halides is 4. The summed E-state index contributed by atoms with van der Waals surface area (Å²) in [6, 6.07) is 13.9. The van der Waals surface area contributed by atoms with Gasteiger partial charge >= 0.3 is 24.0 Å². The summed E-state index contributed by atoms with van der Waals surface area (Å²) >= 11 is 3.14. The van der Waals surface area contributed by atoms with Crippen molar-refractivity contribution < 1.29 is 41.8 Å². The Kier molecular flexibility index (Phi) is 7.75. The van der Waals surface area contributed by atoms with E-state index in [2.05, 4.69) is 15.9 Å². The fourth-order valence-electron chi connectivity index (χ4n) is 3.23. The second kappa shape index (κ2) is 10.3. The minimum absolute atomic E-state index is 0.134. The number of nitrogens with one attached hydrogen (secondary N) is 1. The first-order valence-corrected chi connectivity index (χ1v) is 10.7. The molecule has 7 nitrogen and oxygen atoms in total. The molecule has 0 bridgehead atoms. The van der Waals surface area contributed by atoms with Gasteiger partial charge in [-0.1, -0.05) is 52.3 Å². The van der Waals surface area contributed by atoms with E-state index in [0.717, 1.165) is 0 Å². The fourth-order valence-corrected chi connectivity index (χ4v) is 4.00. The van der Waals surface area contributed by atoms with Crippen LogP contribution in [0.2, 0.25) is 0 Å². The zero-order valence-corrected chi connectivity index (χ0v) is 18.7. The molecule has 176 valence electrons.